The van der Waals surface area contributed by atoms with Crippen LogP contribution in [-0.2, 0) is 6.54 Å². The van der Waals surface area contributed by atoms with Gasteiger partial charge in [-0.1, -0.05) is 0 Å². The molecule has 7 heteroatoms. The van der Waals surface area contributed by atoms with E-state index in [-0.39, 0.29) is 0 Å². The molecule has 3 fully saturated rings. The highest BCUT2D eigenvalue weighted by Gasteiger charge is 2.34. The van der Waals surface area contributed by atoms with Gasteiger partial charge in [-0.05, 0) is 56.8 Å². The van der Waals surface area contributed by atoms with Gasteiger partial charge in [0.25, 0.3) is 0 Å². The minimum atomic E-state index is 0.719. The maximum Gasteiger partial charge on any atom is 0.194 e. The Hall–Kier alpha value is -1.99. The molecule has 172 valence electrons. The smallest absolute Gasteiger partial charge is 0.194 e. The topological polar surface area (TPSA) is 52.6 Å². The maximum absolute atomic E-state index is 5.56. The largest absolute Gasteiger partial charge is 0.497 e. The van der Waals surface area contributed by atoms with Crippen LogP contribution in [0, 0.1) is 5.92 Å². The third-order valence-electron chi connectivity index (χ3n) is 6.77. The summed E-state index contributed by atoms with van der Waals surface area (Å²) in [5.41, 5.74) is 1.18. The predicted molar refractivity (Wildman–Crippen MR) is 125 cm³/mol. The minimum Gasteiger partial charge on any atom is -0.497 e. The first kappa shape index (κ1) is 22.2. The van der Waals surface area contributed by atoms with Gasteiger partial charge in [0.05, 0.1) is 14.2 Å². The van der Waals surface area contributed by atoms with Crippen LogP contribution in [0.25, 0.3) is 0 Å². The van der Waals surface area contributed by atoms with Crippen LogP contribution in [-0.4, -0.2) is 93.3 Å². The van der Waals surface area contributed by atoms with E-state index in [2.05, 4.69) is 33.0 Å². The van der Waals surface area contributed by atoms with Crippen molar-refractivity contribution in [1.82, 2.24) is 20.0 Å². The molecule has 1 saturated carbocycles. The summed E-state index contributed by atoms with van der Waals surface area (Å²) < 4.78 is 11.0. The molecule has 0 spiro atoms. The zero-order chi connectivity index (χ0) is 21.6. The molecule has 0 amide bonds. The van der Waals surface area contributed by atoms with Crippen molar-refractivity contribution in [3.63, 3.8) is 0 Å². The third kappa shape index (κ3) is 5.83. The molecule has 1 atom stereocenters. The number of ether oxygens (including phenoxy) is 2. The summed E-state index contributed by atoms with van der Waals surface area (Å²) in [5.74, 6) is 3.61. The van der Waals surface area contributed by atoms with Gasteiger partial charge < -0.3 is 24.6 Å². The number of piperazine rings is 1. The van der Waals surface area contributed by atoms with Gasteiger partial charge in [-0.15, -0.1) is 0 Å². The fraction of sp³-hybridized carbons (Fsp3) is 0.708. The van der Waals surface area contributed by atoms with E-state index in [1.807, 2.05) is 12.1 Å². The fourth-order valence-corrected chi connectivity index (χ4v) is 4.79. The second kappa shape index (κ2) is 10.6. The Bertz CT molecular complexity index is 743. The quantitative estimate of drug-likeness (QED) is 0.505. The molecule has 1 aliphatic carbocycles. The van der Waals surface area contributed by atoms with Crippen LogP contribution in [0.4, 0.5) is 0 Å². The number of nitrogens with zero attached hydrogens (tertiary/aromatic N) is 4. The fourth-order valence-electron chi connectivity index (χ4n) is 4.79. The molecule has 7 nitrogen and oxygen atoms in total. The van der Waals surface area contributed by atoms with Crippen molar-refractivity contribution in [1.29, 1.82) is 0 Å². The molecular formula is C24H39N5O2. The van der Waals surface area contributed by atoms with Gasteiger partial charge in [0.1, 0.15) is 11.5 Å². The van der Waals surface area contributed by atoms with E-state index < -0.39 is 0 Å². The molecule has 0 aromatic heterocycles. The Kier molecular flexibility index (Phi) is 7.56. The summed E-state index contributed by atoms with van der Waals surface area (Å²) in [6.45, 7) is 11.4. The first-order chi connectivity index (χ1) is 15.2. The molecule has 1 aromatic rings. The Morgan fingerprint density at radius 2 is 1.87 bits per heavy atom. The van der Waals surface area contributed by atoms with Crippen LogP contribution in [0.5, 0.6) is 11.5 Å². The van der Waals surface area contributed by atoms with Crippen LogP contribution in [0.2, 0.25) is 0 Å². The third-order valence-corrected chi connectivity index (χ3v) is 6.77. The van der Waals surface area contributed by atoms with E-state index in [4.69, 9.17) is 14.5 Å². The standard InChI is InChI=1S/C24H39N5O2/c1-4-25-24(26-16-19-9-10-29(17-19)21-5-6-21)28-13-11-27(12-14-28)18-20-15-22(30-2)7-8-23(20)31-3/h7-8,15,19,21H,4-6,9-14,16-18H2,1-3H3,(H,25,26). The van der Waals surface area contributed by atoms with Crippen molar-refractivity contribution in [2.24, 2.45) is 10.9 Å². The molecule has 2 saturated heterocycles. The highest BCUT2D eigenvalue weighted by atomic mass is 16.5. The van der Waals surface area contributed by atoms with E-state index in [1.54, 1.807) is 14.2 Å². The molecule has 4 rings (SSSR count). The van der Waals surface area contributed by atoms with Crippen LogP contribution in [0.3, 0.4) is 0 Å². The van der Waals surface area contributed by atoms with Crippen molar-refractivity contribution in [3.05, 3.63) is 23.8 Å². The molecule has 31 heavy (non-hydrogen) atoms. The average Bonchev–Trinajstić information content (AvgIpc) is 3.55. The SMILES string of the molecule is CCNC(=NCC1CCN(C2CC2)C1)N1CCN(Cc2cc(OC)ccc2OC)CC1. The van der Waals surface area contributed by atoms with Crippen molar-refractivity contribution >= 4 is 5.96 Å². The number of methoxy groups -OCH3 is 2. The molecule has 3 aliphatic rings. The van der Waals surface area contributed by atoms with Gasteiger partial charge >= 0.3 is 0 Å². The van der Waals surface area contributed by atoms with Crippen LogP contribution < -0.4 is 14.8 Å². The lowest BCUT2D eigenvalue weighted by atomic mass is 10.1. The van der Waals surface area contributed by atoms with Crippen LogP contribution in [0.15, 0.2) is 23.2 Å². The van der Waals surface area contributed by atoms with Gasteiger partial charge in [0.2, 0.25) is 0 Å². The number of guanidine groups is 1. The van der Waals surface area contributed by atoms with Crippen LogP contribution in [0.1, 0.15) is 31.7 Å². The van der Waals surface area contributed by atoms with E-state index >= 15 is 0 Å². The number of nitrogens with one attached hydrogen (secondary N) is 1. The molecule has 1 aromatic carbocycles. The minimum absolute atomic E-state index is 0.719. The van der Waals surface area contributed by atoms with Gasteiger partial charge in [-0.3, -0.25) is 9.89 Å². The second-order valence-corrected chi connectivity index (χ2v) is 9.02. The number of benzene rings is 1. The first-order valence-corrected chi connectivity index (χ1v) is 11.9. The molecule has 1 N–H and O–H groups in total. The summed E-state index contributed by atoms with van der Waals surface area (Å²) >= 11 is 0. The zero-order valence-electron chi connectivity index (χ0n) is 19.5. The van der Waals surface area contributed by atoms with Crippen molar-refractivity contribution in [2.75, 3.05) is 66.6 Å². The lowest BCUT2D eigenvalue weighted by Gasteiger charge is -2.36. The molecule has 2 aliphatic heterocycles. The molecule has 1 unspecified atom stereocenters. The number of rotatable bonds is 8. The summed E-state index contributed by atoms with van der Waals surface area (Å²) in [7, 11) is 3.44. The lowest BCUT2D eigenvalue weighted by Crippen LogP contribution is -2.52. The van der Waals surface area contributed by atoms with Crippen molar-refractivity contribution in [2.45, 2.75) is 38.8 Å². The summed E-state index contributed by atoms with van der Waals surface area (Å²) in [6, 6.07) is 6.92. The van der Waals surface area contributed by atoms with Gasteiger partial charge in [-0.2, -0.15) is 0 Å². The first-order valence-electron chi connectivity index (χ1n) is 11.9. The highest BCUT2D eigenvalue weighted by Crippen LogP contribution is 2.31. The lowest BCUT2D eigenvalue weighted by molar-refractivity contribution is 0.171. The Morgan fingerprint density at radius 1 is 1.06 bits per heavy atom. The highest BCUT2D eigenvalue weighted by molar-refractivity contribution is 5.80. The molecular weight excluding hydrogens is 390 g/mol. The van der Waals surface area contributed by atoms with E-state index in [0.29, 0.717) is 0 Å². The maximum atomic E-state index is 5.56. The van der Waals surface area contributed by atoms with Crippen LogP contribution >= 0.6 is 0 Å². The van der Waals surface area contributed by atoms with E-state index in [9.17, 15) is 0 Å². The number of likely N-dealkylation sites (tertiary alicyclic amines) is 1. The molecule has 0 bridgehead atoms. The number of hydrogen-bond acceptors (Lipinski definition) is 5. The number of aliphatic imine (C=N–C) groups is 1. The predicted octanol–water partition coefficient (Wildman–Crippen LogP) is 2.27. The Labute approximate surface area is 187 Å². The zero-order valence-corrected chi connectivity index (χ0v) is 19.5. The average molecular weight is 430 g/mol. The molecule has 0 radical (unpaired) electrons. The summed E-state index contributed by atoms with van der Waals surface area (Å²) in [4.78, 5) is 12.6. The monoisotopic (exact) mass is 429 g/mol. The van der Waals surface area contributed by atoms with Gasteiger partial charge in [0, 0.05) is 64.0 Å². The normalized spacial score (nSPS) is 23.3. The van der Waals surface area contributed by atoms with Gasteiger partial charge in [0.15, 0.2) is 5.96 Å². The molecule has 2 heterocycles. The summed E-state index contributed by atoms with van der Waals surface area (Å²) in [5, 5.41) is 3.53. The van der Waals surface area contributed by atoms with Crippen molar-refractivity contribution < 1.29 is 9.47 Å². The second-order valence-electron chi connectivity index (χ2n) is 9.02. The summed E-state index contributed by atoms with van der Waals surface area (Å²) in [6.07, 6.45) is 4.12. The van der Waals surface area contributed by atoms with Crippen molar-refractivity contribution in [3.8, 4) is 11.5 Å². The number of hydrogen-bond donors (Lipinski definition) is 1. The Morgan fingerprint density at radius 3 is 2.55 bits per heavy atom. The van der Waals surface area contributed by atoms with E-state index in [1.165, 1.54) is 37.9 Å². The van der Waals surface area contributed by atoms with E-state index in [0.717, 1.165) is 75.2 Å². The van der Waals surface area contributed by atoms with Gasteiger partial charge in [-0.25, -0.2) is 0 Å². The Balaban J connectivity index is 1.30.